The average Bonchev–Trinajstić information content (AvgIpc) is 2.68. The topological polar surface area (TPSA) is 44.8 Å². The Morgan fingerprint density at radius 3 is 2.50 bits per heavy atom. The van der Waals surface area contributed by atoms with Crippen LogP contribution in [-0.2, 0) is 11.2 Å². The first-order chi connectivity index (χ1) is 12.6. The van der Waals surface area contributed by atoms with Gasteiger partial charge in [0.05, 0.1) is 0 Å². The van der Waals surface area contributed by atoms with Crippen LogP contribution in [0.1, 0.15) is 12.5 Å². The summed E-state index contributed by atoms with van der Waals surface area (Å²) in [4.78, 5) is 16.8. The Morgan fingerprint density at radius 1 is 1.08 bits per heavy atom. The summed E-state index contributed by atoms with van der Waals surface area (Å²) in [7, 11) is 2.15. The molecule has 0 aromatic heterocycles. The average molecular weight is 353 g/mol. The molecule has 2 aromatic rings. The van der Waals surface area contributed by atoms with Gasteiger partial charge in [-0.2, -0.15) is 0 Å². The van der Waals surface area contributed by atoms with E-state index in [2.05, 4.69) is 47.3 Å². The number of hydrogen-bond donors (Lipinski definition) is 1. The molecule has 1 aliphatic heterocycles. The van der Waals surface area contributed by atoms with Crippen LogP contribution in [0.2, 0.25) is 0 Å². The first kappa shape index (κ1) is 18.3. The Hall–Kier alpha value is -2.53. The van der Waals surface area contributed by atoms with E-state index in [0.29, 0.717) is 0 Å². The Bertz CT molecular complexity index is 722. The molecule has 5 nitrogen and oxygen atoms in total. The zero-order valence-electron chi connectivity index (χ0n) is 15.6. The van der Waals surface area contributed by atoms with E-state index >= 15 is 0 Å². The van der Waals surface area contributed by atoms with Gasteiger partial charge in [-0.25, -0.2) is 0 Å². The molecule has 1 aliphatic rings. The predicted molar refractivity (Wildman–Crippen MR) is 106 cm³/mol. The fourth-order valence-corrected chi connectivity index (χ4v) is 3.02. The lowest BCUT2D eigenvalue weighted by Gasteiger charge is -2.34. The van der Waals surface area contributed by atoms with Gasteiger partial charge in [-0.1, -0.05) is 19.1 Å². The lowest BCUT2D eigenvalue weighted by molar-refractivity contribution is -0.118. The van der Waals surface area contributed by atoms with E-state index in [0.717, 1.165) is 44.0 Å². The normalized spacial score (nSPS) is 14.9. The molecule has 2 aromatic carbocycles. The highest BCUT2D eigenvalue weighted by Crippen LogP contribution is 2.19. The molecule has 1 saturated heterocycles. The number of likely N-dealkylation sites (N-methyl/N-ethyl adjacent to an activating group) is 1. The highest BCUT2D eigenvalue weighted by molar-refractivity contribution is 5.92. The zero-order chi connectivity index (χ0) is 18.4. The van der Waals surface area contributed by atoms with E-state index in [1.807, 2.05) is 30.3 Å². The quantitative estimate of drug-likeness (QED) is 0.867. The second-order valence-electron chi connectivity index (χ2n) is 6.68. The van der Waals surface area contributed by atoms with Crippen molar-refractivity contribution in [2.75, 3.05) is 50.1 Å². The monoisotopic (exact) mass is 353 g/mol. The molecular weight excluding hydrogens is 326 g/mol. The van der Waals surface area contributed by atoms with Gasteiger partial charge in [0.25, 0.3) is 5.91 Å². The fourth-order valence-electron chi connectivity index (χ4n) is 3.02. The third-order valence-corrected chi connectivity index (χ3v) is 4.70. The number of rotatable bonds is 6. The molecule has 5 heteroatoms. The van der Waals surface area contributed by atoms with Crippen LogP contribution >= 0.6 is 0 Å². The zero-order valence-corrected chi connectivity index (χ0v) is 15.6. The lowest BCUT2D eigenvalue weighted by atomic mass is 10.2. The van der Waals surface area contributed by atoms with E-state index in [1.165, 1.54) is 11.3 Å². The molecule has 0 saturated carbocycles. The van der Waals surface area contributed by atoms with Crippen molar-refractivity contribution in [1.82, 2.24) is 4.90 Å². The van der Waals surface area contributed by atoms with Crippen molar-refractivity contribution in [2.24, 2.45) is 0 Å². The van der Waals surface area contributed by atoms with Crippen molar-refractivity contribution in [3.63, 3.8) is 0 Å². The number of benzene rings is 2. The lowest BCUT2D eigenvalue weighted by Crippen LogP contribution is -2.44. The van der Waals surface area contributed by atoms with Gasteiger partial charge in [0.15, 0.2) is 6.61 Å². The van der Waals surface area contributed by atoms with Crippen LogP contribution in [0, 0.1) is 0 Å². The third kappa shape index (κ3) is 4.99. The van der Waals surface area contributed by atoms with Gasteiger partial charge >= 0.3 is 0 Å². The minimum Gasteiger partial charge on any atom is -0.484 e. The smallest absolute Gasteiger partial charge is 0.262 e. The van der Waals surface area contributed by atoms with E-state index in [4.69, 9.17) is 4.74 Å². The van der Waals surface area contributed by atoms with Crippen molar-refractivity contribution in [2.45, 2.75) is 13.3 Å². The Kier molecular flexibility index (Phi) is 6.12. The van der Waals surface area contributed by atoms with E-state index in [-0.39, 0.29) is 12.5 Å². The number of ether oxygens (including phenoxy) is 1. The summed E-state index contributed by atoms with van der Waals surface area (Å²) in [6.45, 7) is 6.33. The van der Waals surface area contributed by atoms with Gasteiger partial charge in [0.1, 0.15) is 5.75 Å². The van der Waals surface area contributed by atoms with Crippen LogP contribution in [0.25, 0.3) is 0 Å². The second-order valence-corrected chi connectivity index (χ2v) is 6.68. The van der Waals surface area contributed by atoms with Crippen molar-refractivity contribution in [1.29, 1.82) is 0 Å². The number of amides is 1. The molecule has 1 fully saturated rings. The number of anilines is 2. The van der Waals surface area contributed by atoms with Crippen LogP contribution in [0.4, 0.5) is 11.4 Å². The molecule has 0 spiro atoms. The van der Waals surface area contributed by atoms with E-state index in [9.17, 15) is 4.79 Å². The minimum absolute atomic E-state index is 0.00732. The Balaban J connectivity index is 1.49. The highest BCUT2D eigenvalue weighted by Gasteiger charge is 2.14. The maximum Gasteiger partial charge on any atom is 0.262 e. The Morgan fingerprint density at radius 2 is 1.81 bits per heavy atom. The minimum atomic E-state index is -0.153. The van der Waals surface area contributed by atoms with Gasteiger partial charge in [0.2, 0.25) is 0 Å². The summed E-state index contributed by atoms with van der Waals surface area (Å²) >= 11 is 0. The number of aryl methyl sites for hydroxylation is 1. The molecule has 0 atom stereocenters. The van der Waals surface area contributed by atoms with Gasteiger partial charge < -0.3 is 19.9 Å². The third-order valence-electron chi connectivity index (χ3n) is 4.70. The standard InChI is InChI=1S/C21H27N3O2/c1-3-17-5-4-6-20(15-17)26-16-21(25)22-18-7-9-19(10-8-18)24-13-11-23(2)12-14-24/h4-10,15H,3,11-14,16H2,1-2H3,(H,22,25). The summed E-state index contributed by atoms with van der Waals surface area (Å²) in [5.41, 5.74) is 3.19. The van der Waals surface area contributed by atoms with Crippen LogP contribution in [-0.4, -0.2) is 50.6 Å². The highest BCUT2D eigenvalue weighted by atomic mass is 16.5. The van der Waals surface area contributed by atoms with Crippen LogP contribution in [0.5, 0.6) is 5.75 Å². The molecule has 0 unspecified atom stereocenters. The van der Waals surface area contributed by atoms with E-state index in [1.54, 1.807) is 0 Å². The summed E-state index contributed by atoms with van der Waals surface area (Å²) in [5.74, 6) is 0.573. The van der Waals surface area contributed by atoms with E-state index < -0.39 is 0 Å². The molecule has 1 N–H and O–H groups in total. The van der Waals surface area contributed by atoms with Gasteiger partial charge in [0, 0.05) is 37.6 Å². The number of nitrogens with zero attached hydrogens (tertiary/aromatic N) is 2. The number of hydrogen-bond acceptors (Lipinski definition) is 4. The second kappa shape index (κ2) is 8.72. The van der Waals surface area contributed by atoms with Gasteiger partial charge in [-0.05, 0) is 55.4 Å². The van der Waals surface area contributed by atoms with Gasteiger partial charge in [-0.15, -0.1) is 0 Å². The van der Waals surface area contributed by atoms with Crippen LogP contribution < -0.4 is 15.0 Å². The maximum atomic E-state index is 12.1. The summed E-state index contributed by atoms with van der Waals surface area (Å²) in [6, 6.07) is 15.9. The molecule has 0 aliphatic carbocycles. The number of piperazine rings is 1. The summed E-state index contributed by atoms with van der Waals surface area (Å²) in [5, 5.41) is 2.89. The number of nitrogens with one attached hydrogen (secondary N) is 1. The van der Waals surface area contributed by atoms with Crippen LogP contribution in [0.15, 0.2) is 48.5 Å². The first-order valence-electron chi connectivity index (χ1n) is 9.19. The molecule has 26 heavy (non-hydrogen) atoms. The summed E-state index contributed by atoms with van der Waals surface area (Å²) < 4.78 is 5.59. The SMILES string of the molecule is CCc1cccc(OCC(=O)Nc2ccc(N3CCN(C)CC3)cc2)c1. The largest absolute Gasteiger partial charge is 0.484 e. The molecule has 1 heterocycles. The molecule has 1 amide bonds. The van der Waals surface area contributed by atoms with Crippen LogP contribution in [0.3, 0.4) is 0 Å². The van der Waals surface area contributed by atoms with Crippen molar-refractivity contribution < 1.29 is 9.53 Å². The molecule has 3 rings (SSSR count). The van der Waals surface area contributed by atoms with Gasteiger partial charge in [-0.3, -0.25) is 4.79 Å². The maximum absolute atomic E-state index is 12.1. The summed E-state index contributed by atoms with van der Waals surface area (Å²) in [6.07, 6.45) is 0.947. The predicted octanol–water partition coefficient (Wildman–Crippen LogP) is 3.02. The van der Waals surface area contributed by atoms with Crippen molar-refractivity contribution in [3.05, 3.63) is 54.1 Å². The van der Waals surface area contributed by atoms with Crippen molar-refractivity contribution >= 4 is 17.3 Å². The number of carbonyl (C=O) groups is 1. The number of carbonyl (C=O) groups excluding carboxylic acids is 1. The molecule has 138 valence electrons. The molecule has 0 radical (unpaired) electrons. The van der Waals surface area contributed by atoms with Crippen molar-refractivity contribution in [3.8, 4) is 5.75 Å². The Labute approximate surface area is 155 Å². The molecule has 0 bridgehead atoms. The fraction of sp³-hybridized carbons (Fsp3) is 0.381. The molecular formula is C21H27N3O2. The first-order valence-corrected chi connectivity index (χ1v) is 9.19.